The van der Waals surface area contributed by atoms with Gasteiger partial charge in [0, 0.05) is 26.8 Å². The zero-order chi connectivity index (χ0) is 15.6. The first kappa shape index (κ1) is 16.8. The fourth-order valence-corrected chi connectivity index (χ4v) is 2.53. The largest absolute Gasteiger partial charge is 0.380 e. The molecule has 5 nitrogen and oxygen atoms in total. The second kappa shape index (κ2) is 9.43. The Balaban J connectivity index is 1.93. The van der Waals surface area contributed by atoms with E-state index in [-0.39, 0.29) is 0 Å². The van der Waals surface area contributed by atoms with Crippen LogP contribution in [0.25, 0.3) is 0 Å². The van der Waals surface area contributed by atoms with Gasteiger partial charge in [0.2, 0.25) is 0 Å². The van der Waals surface area contributed by atoms with E-state index in [1.165, 1.54) is 11.1 Å². The maximum atomic E-state index is 5.63. The summed E-state index contributed by atoms with van der Waals surface area (Å²) in [7, 11) is 1.72. The smallest absolute Gasteiger partial charge is 0.191 e. The lowest BCUT2D eigenvalue weighted by atomic mass is 10.1. The molecule has 1 saturated heterocycles. The second-order valence-electron chi connectivity index (χ2n) is 5.41. The average molecular weight is 305 g/mol. The Labute approximate surface area is 133 Å². The summed E-state index contributed by atoms with van der Waals surface area (Å²) in [5.74, 6) is 0.838. The minimum atomic E-state index is 0.310. The van der Waals surface area contributed by atoms with Crippen molar-refractivity contribution < 1.29 is 9.47 Å². The van der Waals surface area contributed by atoms with Crippen molar-refractivity contribution in [3.8, 4) is 0 Å². The van der Waals surface area contributed by atoms with Gasteiger partial charge in [-0.2, -0.15) is 0 Å². The van der Waals surface area contributed by atoms with Crippen molar-refractivity contribution in [3.63, 3.8) is 0 Å². The number of aliphatic imine (C=N–C) groups is 1. The molecule has 0 amide bonds. The van der Waals surface area contributed by atoms with E-state index in [0.29, 0.717) is 19.3 Å². The Morgan fingerprint density at radius 2 is 2.14 bits per heavy atom. The van der Waals surface area contributed by atoms with Gasteiger partial charge in [0.25, 0.3) is 0 Å². The van der Waals surface area contributed by atoms with E-state index in [9.17, 15) is 0 Å². The van der Waals surface area contributed by atoms with Crippen molar-refractivity contribution in [1.82, 2.24) is 10.6 Å². The molecule has 1 aromatic carbocycles. The molecule has 2 rings (SSSR count). The maximum absolute atomic E-state index is 5.63. The summed E-state index contributed by atoms with van der Waals surface area (Å²) in [6, 6.07) is 8.25. The molecule has 1 aliphatic rings. The Hall–Kier alpha value is -1.59. The van der Waals surface area contributed by atoms with Crippen LogP contribution in [0.2, 0.25) is 0 Å². The average Bonchev–Trinajstić information content (AvgIpc) is 3.05. The standard InChI is InChI=1S/C17H27N3O2/c1-3-18-17(20-12-16-9-6-10-22-16)19-11-14-7-4-5-8-15(14)13-21-2/h4-5,7-8,16H,3,6,9-13H2,1-2H3,(H2,18,19,20). The second-order valence-corrected chi connectivity index (χ2v) is 5.41. The predicted octanol–water partition coefficient (Wildman–Crippen LogP) is 2.07. The van der Waals surface area contributed by atoms with Gasteiger partial charge in [0.05, 0.1) is 19.3 Å². The lowest BCUT2D eigenvalue weighted by Gasteiger charge is -2.15. The minimum Gasteiger partial charge on any atom is -0.380 e. The molecule has 1 aromatic rings. The lowest BCUT2D eigenvalue weighted by Crippen LogP contribution is -2.41. The molecule has 5 heteroatoms. The van der Waals surface area contributed by atoms with Crippen LogP contribution in [0.5, 0.6) is 0 Å². The van der Waals surface area contributed by atoms with Crippen molar-refractivity contribution in [3.05, 3.63) is 35.4 Å². The van der Waals surface area contributed by atoms with Crippen molar-refractivity contribution in [2.24, 2.45) is 4.99 Å². The van der Waals surface area contributed by atoms with Crippen LogP contribution in [0.3, 0.4) is 0 Å². The SMILES string of the molecule is CCNC(=NCc1ccccc1COC)NCC1CCCO1. The van der Waals surface area contributed by atoms with E-state index in [1.54, 1.807) is 7.11 Å². The molecular formula is C17H27N3O2. The van der Waals surface area contributed by atoms with E-state index >= 15 is 0 Å². The topological polar surface area (TPSA) is 54.9 Å². The van der Waals surface area contributed by atoms with Gasteiger partial charge < -0.3 is 20.1 Å². The van der Waals surface area contributed by atoms with Gasteiger partial charge >= 0.3 is 0 Å². The Bertz CT molecular complexity index is 471. The summed E-state index contributed by atoms with van der Waals surface area (Å²) in [6.07, 6.45) is 2.60. The monoisotopic (exact) mass is 305 g/mol. The van der Waals surface area contributed by atoms with Gasteiger partial charge in [-0.1, -0.05) is 24.3 Å². The number of benzene rings is 1. The fraction of sp³-hybridized carbons (Fsp3) is 0.588. The van der Waals surface area contributed by atoms with Crippen LogP contribution in [0.4, 0.5) is 0 Å². The van der Waals surface area contributed by atoms with E-state index in [4.69, 9.17) is 9.47 Å². The molecule has 0 radical (unpaired) electrons. The zero-order valence-corrected chi connectivity index (χ0v) is 13.6. The first-order valence-corrected chi connectivity index (χ1v) is 8.03. The summed E-state index contributed by atoms with van der Waals surface area (Å²) < 4.78 is 10.9. The molecule has 0 aromatic heterocycles. The van der Waals surface area contributed by atoms with Gasteiger partial charge in [0.1, 0.15) is 0 Å². The zero-order valence-electron chi connectivity index (χ0n) is 13.6. The number of hydrogen-bond donors (Lipinski definition) is 2. The molecule has 1 aliphatic heterocycles. The highest BCUT2D eigenvalue weighted by Crippen LogP contribution is 2.12. The highest BCUT2D eigenvalue weighted by molar-refractivity contribution is 5.79. The van der Waals surface area contributed by atoms with E-state index in [1.807, 2.05) is 12.1 Å². The molecule has 1 fully saturated rings. The number of nitrogens with one attached hydrogen (secondary N) is 2. The molecule has 1 heterocycles. The molecular weight excluding hydrogens is 278 g/mol. The molecule has 1 atom stereocenters. The fourth-order valence-electron chi connectivity index (χ4n) is 2.53. The molecule has 1 unspecified atom stereocenters. The number of nitrogens with zero attached hydrogens (tertiary/aromatic N) is 1. The van der Waals surface area contributed by atoms with Gasteiger partial charge in [0.15, 0.2) is 5.96 Å². The molecule has 0 saturated carbocycles. The van der Waals surface area contributed by atoms with Crippen molar-refractivity contribution in [2.45, 2.75) is 39.0 Å². The molecule has 0 bridgehead atoms. The normalized spacial score (nSPS) is 18.5. The number of hydrogen-bond acceptors (Lipinski definition) is 3. The van der Waals surface area contributed by atoms with Gasteiger partial charge in [-0.3, -0.25) is 0 Å². The van der Waals surface area contributed by atoms with Crippen LogP contribution in [0, 0.1) is 0 Å². The first-order chi connectivity index (χ1) is 10.8. The molecule has 122 valence electrons. The lowest BCUT2D eigenvalue weighted by molar-refractivity contribution is 0.114. The summed E-state index contributed by atoms with van der Waals surface area (Å²) in [4.78, 5) is 4.67. The first-order valence-electron chi connectivity index (χ1n) is 8.03. The number of methoxy groups -OCH3 is 1. The number of guanidine groups is 1. The van der Waals surface area contributed by atoms with E-state index in [0.717, 1.165) is 38.5 Å². The van der Waals surface area contributed by atoms with Crippen molar-refractivity contribution >= 4 is 5.96 Å². The highest BCUT2D eigenvalue weighted by Gasteiger charge is 2.15. The third-order valence-electron chi connectivity index (χ3n) is 3.69. The summed E-state index contributed by atoms with van der Waals surface area (Å²) in [6.45, 7) is 5.86. The molecule has 2 N–H and O–H groups in total. The van der Waals surface area contributed by atoms with E-state index < -0.39 is 0 Å². The number of ether oxygens (including phenoxy) is 2. The van der Waals surface area contributed by atoms with Crippen molar-refractivity contribution in [1.29, 1.82) is 0 Å². The van der Waals surface area contributed by atoms with Crippen molar-refractivity contribution in [2.75, 3.05) is 26.8 Å². The summed E-state index contributed by atoms with van der Waals surface area (Å²) >= 11 is 0. The van der Waals surface area contributed by atoms with Crippen LogP contribution >= 0.6 is 0 Å². The van der Waals surface area contributed by atoms with Gasteiger partial charge in [-0.25, -0.2) is 4.99 Å². The summed E-state index contributed by atoms with van der Waals surface area (Å²) in [5.41, 5.74) is 2.38. The Morgan fingerprint density at radius 3 is 2.82 bits per heavy atom. The van der Waals surface area contributed by atoms with E-state index in [2.05, 4.69) is 34.7 Å². The molecule has 0 spiro atoms. The third-order valence-corrected chi connectivity index (χ3v) is 3.69. The Morgan fingerprint density at radius 1 is 1.32 bits per heavy atom. The quantitative estimate of drug-likeness (QED) is 0.598. The minimum absolute atomic E-state index is 0.310. The highest BCUT2D eigenvalue weighted by atomic mass is 16.5. The van der Waals surface area contributed by atoms with Crippen LogP contribution in [-0.2, 0) is 22.6 Å². The van der Waals surface area contributed by atoms with Gasteiger partial charge in [-0.05, 0) is 30.9 Å². The van der Waals surface area contributed by atoms with Crippen LogP contribution in [0.15, 0.2) is 29.3 Å². The number of rotatable bonds is 7. The predicted molar refractivity (Wildman–Crippen MR) is 88.9 cm³/mol. The summed E-state index contributed by atoms with van der Waals surface area (Å²) in [5, 5.41) is 6.65. The Kier molecular flexibility index (Phi) is 7.19. The van der Waals surface area contributed by atoms with Gasteiger partial charge in [-0.15, -0.1) is 0 Å². The third kappa shape index (κ3) is 5.31. The van der Waals surface area contributed by atoms with Crippen LogP contribution < -0.4 is 10.6 Å². The molecule has 22 heavy (non-hydrogen) atoms. The van der Waals surface area contributed by atoms with Crippen LogP contribution in [-0.4, -0.2) is 38.9 Å². The maximum Gasteiger partial charge on any atom is 0.191 e. The van der Waals surface area contributed by atoms with Crippen LogP contribution in [0.1, 0.15) is 30.9 Å². The molecule has 0 aliphatic carbocycles.